The molecule has 2 heterocycles. The summed E-state index contributed by atoms with van der Waals surface area (Å²) >= 11 is 1.45. The highest BCUT2D eigenvalue weighted by atomic mass is 32.1. The fourth-order valence-electron chi connectivity index (χ4n) is 1.13. The first-order valence-corrected chi connectivity index (χ1v) is 4.92. The zero-order valence-electron chi connectivity index (χ0n) is 7.64. The maximum Gasteiger partial charge on any atom is 0.167 e. The van der Waals surface area contributed by atoms with E-state index in [1.165, 1.54) is 11.5 Å². The van der Waals surface area contributed by atoms with Gasteiger partial charge in [0.15, 0.2) is 5.82 Å². The van der Waals surface area contributed by atoms with Gasteiger partial charge in [-0.25, -0.2) is 4.68 Å². The molecule has 0 N–H and O–H groups in total. The molecule has 70 valence electrons. The lowest BCUT2D eigenvalue weighted by atomic mass is 10.3. The normalized spacial score (nSPS) is 10.0. The van der Waals surface area contributed by atoms with Crippen LogP contribution in [0.25, 0.3) is 5.82 Å². The summed E-state index contributed by atoms with van der Waals surface area (Å²) in [5.74, 6) is 0.816. The fraction of sp³-hybridized carbons (Fsp3) is 0.222. The van der Waals surface area contributed by atoms with Gasteiger partial charge in [0, 0.05) is 11.1 Å². The van der Waals surface area contributed by atoms with Crippen LogP contribution in [-0.2, 0) is 6.42 Å². The van der Waals surface area contributed by atoms with Crippen LogP contribution in [0.5, 0.6) is 0 Å². The zero-order valence-corrected chi connectivity index (χ0v) is 8.45. The predicted molar refractivity (Wildman–Crippen MR) is 53.3 cm³/mol. The first-order chi connectivity index (χ1) is 6.79. The Labute approximate surface area is 85.6 Å². The van der Waals surface area contributed by atoms with Crippen LogP contribution >= 0.6 is 11.5 Å². The van der Waals surface area contributed by atoms with Gasteiger partial charge in [-0.2, -0.15) is 14.7 Å². The lowest BCUT2D eigenvalue weighted by molar-refractivity contribution is 0.836. The lowest BCUT2D eigenvalue weighted by Gasteiger charge is -1.92. The van der Waals surface area contributed by atoms with Crippen molar-refractivity contribution in [2.24, 2.45) is 0 Å². The maximum absolute atomic E-state index is 8.49. The molecule has 0 amide bonds. The van der Waals surface area contributed by atoms with Gasteiger partial charge >= 0.3 is 0 Å². The van der Waals surface area contributed by atoms with Gasteiger partial charge in [-0.3, -0.25) is 0 Å². The zero-order chi connectivity index (χ0) is 9.97. The summed E-state index contributed by atoms with van der Waals surface area (Å²) in [4.78, 5) is 1.15. The van der Waals surface area contributed by atoms with Crippen LogP contribution in [0, 0.1) is 18.3 Å². The Kier molecular flexibility index (Phi) is 2.29. The van der Waals surface area contributed by atoms with E-state index in [1.54, 1.807) is 4.68 Å². The second-order valence-corrected chi connectivity index (χ2v) is 3.89. The molecule has 0 aliphatic heterocycles. The largest absolute Gasteiger partial charge is 0.221 e. The molecule has 0 saturated carbocycles. The lowest BCUT2D eigenvalue weighted by Crippen LogP contribution is -1.95. The van der Waals surface area contributed by atoms with Crippen LogP contribution < -0.4 is 0 Å². The van der Waals surface area contributed by atoms with E-state index in [0.717, 1.165) is 16.4 Å². The van der Waals surface area contributed by atoms with Crippen LogP contribution in [0.1, 0.15) is 10.6 Å². The van der Waals surface area contributed by atoms with Gasteiger partial charge in [0.25, 0.3) is 0 Å². The van der Waals surface area contributed by atoms with E-state index in [2.05, 4.69) is 15.5 Å². The van der Waals surface area contributed by atoms with Gasteiger partial charge in [0.05, 0.1) is 18.2 Å². The van der Waals surface area contributed by atoms with Crippen LogP contribution in [0.3, 0.4) is 0 Å². The van der Waals surface area contributed by atoms with Crippen molar-refractivity contribution in [3.63, 3.8) is 0 Å². The van der Waals surface area contributed by atoms with Crippen molar-refractivity contribution in [3.05, 3.63) is 28.9 Å². The number of aryl methyl sites for hydroxylation is 1. The molecule has 0 spiro atoms. The van der Waals surface area contributed by atoms with Crippen LogP contribution in [0.4, 0.5) is 0 Å². The minimum Gasteiger partial charge on any atom is -0.221 e. The number of aromatic nitrogens is 3. The molecule has 0 radical (unpaired) electrons. The predicted octanol–water partition coefficient (Wildman–Crippen LogP) is 1.70. The molecule has 14 heavy (non-hydrogen) atoms. The minimum absolute atomic E-state index is 0.343. The van der Waals surface area contributed by atoms with Crippen molar-refractivity contribution in [1.82, 2.24) is 14.2 Å². The van der Waals surface area contributed by atoms with E-state index in [-0.39, 0.29) is 0 Å². The molecule has 0 aliphatic rings. The Bertz CT molecular complexity index is 477. The molecule has 0 aromatic carbocycles. The molecule has 0 bridgehead atoms. The third-order valence-corrected chi connectivity index (χ3v) is 2.44. The molecule has 4 nitrogen and oxygen atoms in total. The summed E-state index contributed by atoms with van der Waals surface area (Å²) < 4.78 is 5.91. The monoisotopic (exact) mass is 204 g/mol. The van der Waals surface area contributed by atoms with E-state index in [1.807, 2.05) is 25.3 Å². The first-order valence-electron chi connectivity index (χ1n) is 4.15. The molecule has 0 atom stereocenters. The number of hydrogen-bond acceptors (Lipinski definition) is 4. The van der Waals surface area contributed by atoms with Crippen molar-refractivity contribution in [1.29, 1.82) is 5.26 Å². The molecular weight excluding hydrogens is 196 g/mol. The van der Waals surface area contributed by atoms with Gasteiger partial charge in [-0.15, -0.1) is 0 Å². The summed E-state index contributed by atoms with van der Waals surface area (Å²) in [6, 6.07) is 5.86. The second kappa shape index (κ2) is 3.60. The number of nitriles is 1. The summed E-state index contributed by atoms with van der Waals surface area (Å²) in [6.45, 7) is 2.00. The number of nitrogens with zero attached hydrogens (tertiary/aromatic N) is 4. The Morgan fingerprint density at radius 3 is 3.14 bits per heavy atom. The average Bonchev–Trinajstić information content (AvgIpc) is 2.74. The van der Waals surface area contributed by atoms with Crippen molar-refractivity contribution in [2.45, 2.75) is 13.3 Å². The van der Waals surface area contributed by atoms with Crippen LogP contribution in [-0.4, -0.2) is 14.2 Å². The van der Waals surface area contributed by atoms with Crippen molar-refractivity contribution < 1.29 is 0 Å². The molecule has 2 aromatic rings. The van der Waals surface area contributed by atoms with Crippen molar-refractivity contribution in [3.8, 4) is 11.9 Å². The number of rotatable bonds is 2. The third-order valence-electron chi connectivity index (χ3n) is 1.75. The van der Waals surface area contributed by atoms with E-state index >= 15 is 0 Å². The molecular formula is C9H8N4S. The van der Waals surface area contributed by atoms with Gasteiger partial charge in [0.2, 0.25) is 0 Å². The van der Waals surface area contributed by atoms with E-state index < -0.39 is 0 Å². The highest BCUT2D eigenvalue weighted by molar-refractivity contribution is 7.05. The standard InChI is InChI=1S/C9H8N4S/c1-7-6-9(12-14-7)13-5-3-8(11-13)2-4-10/h3,5-6H,2H2,1H3. The second-order valence-electron chi connectivity index (χ2n) is 2.88. The molecule has 0 saturated heterocycles. The smallest absolute Gasteiger partial charge is 0.167 e. The number of hydrogen-bond donors (Lipinski definition) is 0. The van der Waals surface area contributed by atoms with E-state index in [0.29, 0.717) is 6.42 Å². The maximum atomic E-state index is 8.49. The van der Waals surface area contributed by atoms with E-state index in [9.17, 15) is 0 Å². The summed E-state index contributed by atoms with van der Waals surface area (Å²) in [5, 5.41) is 12.7. The third kappa shape index (κ3) is 1.65. The molecule has 2 rings (SSSR count). The molecule has 0 unspecified atom stereocenters. The molecule has 5 heteroatoms. The topological polar surface area (TPSA) is 54.5 Å². The minimum atomic E-state index is 0.343. The van der Waals surface area contributed by atoms with Crippen LogP contribution in [0.15, 0.2) is 18.3 Å². The van der Waals surface area contributed by atoms with Crippen molar-refractivity contribution in [2.75, 3.05) is 0 Å². The SMILES string of the molecule is Cc1cc(-n2ccc(CC#N)n2)ns1. The van der Waals surface area contributed by atoms with Gasteiger partial charge in [-0.1, -0.05) is 0 Å². The summed E-state index contributed by atoms with van der Waals surface area (Å²) in [6.07, 6.45) is 2.16. The van der Waals surface area contributed by atoms with Gasteiger partial charge in [-0.05, 0) is 30.6 Å². The van der Waals surface area contributed by atoms with Crippen molar-refractivity contribution >= 4 is 11.5 Å². The molecule has 0 fully saturated rings. The highest BCUT2D eigenvalue weighted by Gasteiger charge is 2.03. The Morgan fingerprint density at radius 1 is 1.64 bits per heavy atom. The summed E-state index contributed by atoms with van der Waals surface area (Å²) in [5.41, 5.74) is 0.776. The van der Waals surface area contributed by atoms with Gasteiger partial charge in [0.1, 0.15) is 0 Å². The molecule has 2 aromatic heterocycles. The highest BCUT2D eigenvalue weighted by Crippen LogP contribution is 2.12. The Balaban J connectivity index is 2.30. The average molecular weight is 204 g/mol. The molecule has 0 aliphatic carbocycles. The van der Waals surface area contributed by atoms with Crippen LogP contribution in [0.2, 0.25) is 0 Å². The first kappa shape index (κ1) is 8.91. The van der Waals surface area contributed by atoms with E-state index in [4.69, 9.17) is 5.26 Å². The fourth-order valence-corrected chi connectivity index (χ4v) is 1.66. The Hall–Kier alpha value is -1.67. The van der Waals surface area contributed by atoms with Gasteiger partial charge < -0.3 is 0 Å². The quantitative estimate of drug-likeness (QED) is 0.748. The Morgan fingerprint density at radius 2 is 2.50 bits per heavy atom. The summed E-state index contributed by atoms with van der Waals surface area (Å²) in [7, 11) is 0.